The van der Waals surface area contributed by atoms with Crippen molar-refractivity contribution in [1.82, 2.24) is 4.98 Å². The van der Waals surface area contributed by atoms with Gasteiger partial charge >= 0.3 is 0 Å². The topological polar surface area (TPSA) is 131 Å². The lowest BCUT2D eigenvalue weighted by Crippen LogP contribution is -2.29. The number of primary sulfonamides is 1. The molecule has 1 aromatic heterocycles. The van der Waals surface area contributed by atoms with Crippen LogP contribution in [0.25, 0.3) is 5.76 Å². The average Bonchev–Trinajstić information content (AvgIpc) is 3.06. The number of nitrogens with two attached hydrogens (primary N) is 1. The molecule has 2 aromatic carbocycles. The molecule has 0 radical (unpaired) electrons. The van der Waals surface area contributed by atoms with Crippen LogP contribution < -0.4 is 10.0 Å². The maximum atomic E-state index is 13.1. The van der Waals surface area contributed by atoms with Crippen molar-refractivity contribution in [3.05, 3.63) is 93.7 Å². The molecule has 1 saturated heterocycles. The standard InChI is InChI=1S/C23H18BrN3O5S/c1-13-11-14(4-9-18(13)24)21(28)19-20(15-3-2-10-26-12-15)27(23(30)22(19)29)16-5-7-17(8-6-16)33(25,31)32/h2-12,20,28H,1H3,(H2,25,31,32)/b21-19+. The number of aromatic nitrogens is 1. The zero-order chi connectivity index (χ0) is 23.9. The number of halogens is 1. The molecule has 3 aromatic rings. The van der Waals surface area contributed by atoms with Gasteiger partial charge in [0.25, 0.3) is 11.7 Å². The Hall–Kier alpha value is -3.34. The zero-order valence-corrected chi connectivity index (χ0v) is 19.7. The largest absolute Gasteiger partial charge is 0.507 e. The van der Waals surface area contributed by atoms with Crippen LogP contribution in [0.3, 0.4) is 0 Å². The highest BCUT2D eigenvalue weighted by Gasteiger charge is 2.47. The SMILES string of the molecule is Cc1cc(/C(O)=C2\C(=O)C(=O)N(c3ccc(S(N)(=O)=O)cc3)C2c2cccnc2)ccc1Br. The molecule has 0 saturated carbocycles. The summed E-state index contributed by atoms with van der Waals surface area (Å²) < 4.78 is 24.0. The fourth-order valence-electron chi connectivity index (χ4n) is 3.70. The van der Waals surface area contributed by atoms with Gasteiger partial charge in [-0.15, -0.1) is 0 Å². The van der Waals surface area contributed by atoms with Crippen LogP contribution in [0.2, 0.25) is 0 Å². The minimum atomic E-state index is -3.93. The second-order valence-corrected chi connectivity index (χ2v) is 9.87. The molecule has 1 amide bonds. The molecule has 1 aliphatic heterocycles. The van der Waals surface area contributed by atoms with Gasteiger partial charge in [0.05, 0.1) is 16.5 Å². The lowest BCUT2D eigenvalue weighted by molar-refractivity contribution is -0.132. The fourth-order valence-corrected chi connectivity index (χ4v) is 4.46. The first-order valence-electron chi connectivity index (χ1n) is 9.70. The third-order valence-electron chi connectivity index (χ3n) is 5.32. The van der Waals surface area contributed by atoms with E-state index in [9.17, 15) is 23.1 Å². The van der Waals surface area contributed by atoms with E-state index in [4.69, 9.17) is 5.14 Å². The van der Waals surface area contributed by atoms with Crippen molar-refractivity contribution in [2.24, 2.45) is 5.14 Å². The summed E-state index contributed by atoms with van der Waals surface area (Å²) in [5, 5.41) is 16.3. The number of aliphatic hydroxyl groups excluding tert-OH is 1. The number of anilines is 1. The average molecular weight is 528 g/mol. The smallest absolute Gasteiger partial charge is 0.300 e. The van der Waals surface area contributed by atoms with Gasteiger partial charge in [0, 0.05) is 28.1 Å². The normalized spacial score (nSPS) is 18.0. The Morgan fingerprint density at radius 1 is 1.12 bits per heavy atom. The Balaban J connectivity index is 1.92. The lowest BCUT2D eigenvalue weighted by atomic mass is 9.95. The van der Waals surface area contributed by atoms with Gasteiger partial charge in [0.15, 0.2) is 0 Å². The van der Waals surface area contributed by atoms with E-state index in [2.05, 4.69) is 20.9 Å². The second kappa shape index (κ2) is 8.54. The third kappa shape index (κ3) is 4.20. The molecule has 1 aliphatic rings. The van der Waals surface area contributed by atoms with Crippen LogP contribution in [-0.4, -0.2) is 30.2 Å². The first-order chi connectivity index (χ1) is 15.6. The summed E-state index contributed by atoms with van der Waals surface area (Å²) >= 11 is 3.40. The predicted octanol–water partition coefficient (Wildman–Crippen LogP) is 3.43. The first kappa shape index (κ1) is 22.8. The van der Waals surface area contributed by atoms with Crippen molar-refractivity contribution in [3.63, 3.8) is 0 Å². The molecule has 0 aliphatic carbocycles. The Labute approximate surface area is 198 Å². The third-order valence-corrected chi connectivity index (χ3v) is 7.14. The number of ketones is 1. The summed E-state index contributed by atoms with van der Waals surface area (Å²) in [6.45, 7) is 1.84. The van der Waals surface area contributed by atoms with E-state index >= 15 is 0 Å². The molecule has 3 N–H and O–H groups in total. The van der Waals surface area contributed by atoms with Gasteiger partial charge in [-0.25, -0.2) is 13.6 Å². The van der Waals surface area contributed by atoms with Gasteiger partial charge in [-0.2, -0.15) is 0 Å². The van der Waals surface area contributed by atoms with Crippen LogP contribution in [0.5, 0.6) is 0 Å². The number of nitrogens with zero attached hydrogens (tertiary/aromatic N) is 2. The van der Waals surface area contributed by atoms with Crippen molar-refractivity contribution in [3.8, 4) is 0 Å². The van der Waals surface area contributed by atoms with Crippen LogP contribution in [0, 0.1) is 6.92 Å². The van der Waals surface area contributed by atoms with Crippen molar-refractivity contribution in [2.45, 2.75) is 17.9 Å². The molecule has 168 valence electrons. The summed E-state index contributed by atoms with van der Waals surface area (Å²) in [7, 11) is -3.93. The summed E-state index contributed by atoms with van der Waals surface area (Å²) in [5.74, 6) is -2.04. The molecule has 33 heavy (non-hydrogen) atoms. The number of carbonyl (C=O) groups excluding carboxylic acids is 2. The van der Waals surface area contributed by atoms with Crippen molar-refractivity contribution >= 4 is 49.1 Å². The van der Waals surface area contributed by atoms with Gasteiger partial charge in [-0.1, -0.05) is 28.1 Å². The van der Waals surface area contributed by atoms with E-state index in [1.807, 2.05) is 6.92 Å². The van der Waals surface area contributed by atoms with E-state index in [0.29, 0.717) is 11.1 Å². The van der Waals surface area contributed by atoms with E-state index in [-0.39, 0.29) is 21.9 Å². The first-order valence-corrected chi connectivity index (χ1v) is 12.0. The molecular weight excluding hydrogens is 510 g/mol. The second-order valence-electron chi connectivity index (χ2n) is 7.46. The van der Waals surface area contributed by atoms with Gasteiger partial charge in [-0.05, 0) is 60.5 Å². The number of Topliss-reactive ketones (excluding diaryl/α,β-unsaturated/α-hetero) is 1. The number of hydrogen-bond donors (Lipinski definition) is 2. The van der Waals surface area contributed by atoms with Crippen LogP contribution in [0.4, 0.5) is 5.69 Å². The quantitative estimate of drug-likeness (QED) is 0.303. The van der Waals surface area contributed by atoms with Crippen LogP contribution >= 0.6 is 15.9 Å². The van der Waals surface area contributed by atoms with Crippen molar-refractivity contribution in [2.75, 3.05) is 4.90 Å². The highest BCUT2D eigenvalue weighted by molar-refractivity contribution is 9.10. The molecular formula is C23H18BrN3O5S. The van der Waals surface area contributed by atoms with E-state index in [0.717, 1.165) is 10.0 Å². The molecule has 2 heterocycles. The number of pyridine rings is 1. The van der Waals surface area contributed by atoms with Crippen LogP contribution in [0.15, 0.2) is 81.9 Å². The molecule has 1 fully saturated rings. The number of hydrogen-bond acceptors (Lipinski definition) is 6. The van der Waals surface area contributed by atoms with Gasteiger partial charge in [0.1, 0.15) is 5.76 Å². The Kier molecular flexibility index (Phi) is 5.91. The maximum absolute atomic E-state index is 13.1. The lowest BCUT2D eigenvalue weighted by Gasteiger charge is -2.25. The van der Waals surface area contributed by atoms with Crippen LogP contribution in [-0.2, 0) is 19.6 Å². The summed E-state index contributed by atoms with van der Waals surface area (Å²) in [6, 6.07) is 12.7. The molecule has 1 atom stereocenters. The zero-order valence-electron chi connectivity index (χ0n) is 17.3. The van der Waals surface area contributed by atoms with Gasteiger partial charge in [-0.3, -0.25) is 19.5 Å². The number of rotatable bonds is 4. The van der Waals surface area contributed by atoms with E-state index in [1.165, 1.54) is 35.4 Å². The number of amides is 1. The number of benzene rings is 2. The number of aryl methyl sites for hydroxylation is 1. The van der Waals surface area contributed by atoms with Crippen molar-refractivity contribution in [1.29, 1.82) is 0 Å². The monoisotopic (exact) mass is 527 g/mol. The summed E-state index contributed by atoms with van der Waals surface area (Å²) in [6.07, 6.45) is 3.05. The fraction of sp³-hybridized carbons (Fsp3) is 0.0870. The van der Waals surface area contributed by atoms with E-state index in [1.54, 1.807) is 36.5 Å². The molecule has 0 spiro atoms. The minimum absolute atomic E-state index is 0.0924. The molecule has 8 nitrogen and oxygen atoms in total. The number of carbonyl (C=O) groups is 2. The number of aliphatic hydroxyl groups is 1. The molecule has 4 rings (SSSR count). The van der Waals surface area contributed by atoms with Crippen molar-refractivity contribution < 1.29 is 23.1 Å². The van der Waals surface area contributed by atoms with E-state index < -0.39 is 27.8 Å². The highest BCUT2D eigenvalue weighted by atomic mass is 79.9. The maximum Gasteiger partial charge on any atom is 0.300 e. The summed E-state index contributed by atoms with van der Waals surface area (Å²) in [5.41, 5.74) is 1.90. The Bertz CT molecular complexity index is 1400. The number of sulfonamides is 1. The Morgan fingerprint density at radius 2 is 1.82 bits per heavy atom. The van der Waals surface area contributed by atoms with Gasteiger partial charge in [0.2, 0.25) is 10.0 Å². The predicted molar refractivity (Wildman–Crippen MR) is 126 cm³/mol. The molecule has 1 unspecified atom stereocenters. The Morgan fingerprint density at radius 3 is 2.39 bits per heavy atom. The summed E-state index contributed by atoms with van der Waals surface area (Å²) in [4.78, 5) is 31.4. The molecule has 10 heteroatoms. The van der Waals surface area contributed by atoms with Gasteiger partial charge < -0.3 is 5.11 Å². The minimum Gasteiger partial charge on any atom is -0.507 e. The van der Waals surface area contributed by atoms with Crippen LogP contribution in [0.1, 0.15) is 22.7 Å². The highest BCUT2D eigenvalue weighted by Crippen LogP contribution is 2.42. The molecule has 0 bridgehead atoms.